The number of anilines is 1. The Bertz CT molecular complexity index is 995. The van der Waals surface area contributed by atoms with E-state index in [1.54, 1.807) is 10.8 Å². The van der Waals surface area contributed by atoms with Crippen LogP contribution in [0.4, 0.5) is 5.82 Å². The van der Waals surface area contributed by atoms with Crippen LogP contribution in [0.15, 0.2) is 37.1 Å². The zero-order valence-corrected chi connectivity index (χ0v) is 15.8. The molecule has 1 fully saturated rings. The average molecular weight is 398 g/mol. The molecule has 152 valence electrons. The molecule has 1 amide bonds. The Labute approximate surface area is 166 Å². The lowest BCUT2D eigenvalue weighted by Crippen LogP contribution is -2.46. The molecule has 3 aromatic heterocycles. The molecule has 1 aliphatic heterocycles. The predicted octanol–water partition coefficient (Wildman–Crippen LogP) is -0.792. The lowest BCUT2D eigenvalue weighted by atomic mass is 10.1. The Hall–Kier alpha value is -3.15. The molecule has 0 spiro atoms. The summed E-state index contributed by atoms with van der Waals surface area (Å²) in [7, 11) is 1.49. The smallest absolute Gasteiger partial charge is 0.250 e. The second-order valence-electron chi connectivity index (χ2n) is 6.67. The minimum absolute atomic E-state index is 0.394. The number of rotatable bonds is 6. The largest absolute Gasteiger partial charge is 0.387 e. The summed E-state index contributed by atoms with van der Waals surface area (Å²) in [5.41, 5.74) is 7.93. The zero-order valence-electron chi connectivity index (χ0n) is 15.8. The number of pyridine rings is 1. The number of imidazole rings is 1. The number of aliphatic hydroxyl groups excluding tert-OH is 1. The number of carbonyl (C=O) groups excluding carboxylic acids is 1. The summed E-state index contributed by atoms with van der Waals surface area (Å²) in [5.74, 6) is 0.166. The van der Waals surface area contributed by atoms with Crippen molar-refractivity contribution in [1.82, 2.24) is 29.8 Å². The topological polar surface area (TPSA) is 153 Å². The zero-order chi connectivity index (χ0) is 20.4. The highest BCUT2D eigenvalue weighted by molar-refractivity contribution is 5.83. The molecule has 4 unspecified atom stereocenters. The Morgan fingerprint density at radius 3 is 2.93 bits per heavy atom. The summed E-state index contributed by atoms with van der Waals surface area (Å²) < 4.78 is 7.28. The van der Waals surface area contributed by atoms with Gasteiger partial charge in [0.2, 0.25) is 0 Å². The van der Waals surface area contributed by atoms with Gasteiger partial charge < -0.3 is 26.2 Å². The fourth-order valence-electron chi connectivity index (χ4n) is 3.32. The number of likely N-dealkylation sites (N-methyl/N-ethyl adjacent to an activating group) is 1. The molecule has 1 aliphatic rings. The number of hydrogen-bond donors (Lipinski definition) is 4. The molecule has 4 rings (SSSR count). The van der Waals surface area contributed by atoms with Gasteiger partial charge in [0.25, 0.3) is 5.91 Å². The fourth-order valence-corrected chi connectivity index (χ4v) is 3.32. The fraction of sp³-hybridized carbons (Fsp3) is 0.389. The van der Waals surface area contributed by atoms with Crippen LogP contribution in [0.25, 0.3) is 11.2 Å². The van der Waals surface area contributed by atoms with Crippen LogP contribution in [0.3, 0.4) is 0 Å². The average Bonchev–Trinajstić information content (AvgIpc) is 3.30. The Morgan fingerprint density at radius 2 is 2.17 bits per heavy atom. The molecule has 0 aliphatic carbocycles. The quantitative estimate of drug-likeness (QED) is 0.418. The molecular formula is C18H22N8O3. The van der Waals surface area contributed by atoms with Crippen molar-refractivity contribution in [2.75, 3.05) is 18.9 Å². The van der Waals surface area contributed by atoms with Gasteiger partial charge in [-0.05, 0) is 12.1 Å². The Balaban J connectivity index is 1.54. The second-order valence-corrected chi connectivity index (χ2v) is 6.67. The van der Waals surface area contributed by atoms with Gasteiger partial charge in [-0.2, -0.15) is 0 Å². The van der Waals surface area contributed by atoms with Crippen LogP contribution in [-0.4, -0.2) is 67.4 Å². The van der Waals surface area contributed by atoms with Gasteiger partial charge in [-0.3, -0.25) is 14.3 Å². The normalized spacial score (nSPS) is 24.0. The number of amides is 1. The van der Waals surface area contributed by atoms with Crippen molar-refractivity contribution in [2.45, 2.75) is 30.9 Å². The number of aliphatic hydroxyl groups is 1. The maximum atomic E-state index is 11.9. The number of ether oxygens (including phenoxy) is 1. The summed E-state index contributed by atoms with van der Waals surface area (Å²) in [4.78, 5) is 29.1. The first kappa shape index (κ1) is 19.2. The van der Waals surface area contributed by atoms with E-state index in [2.05, 4.69) is 30.6 Å². The molecule has 1 saturated heterocycles. The number of hydrogen-bond acceptors (Lipinski definition) is 9. The standard InChI is InChI=1S/C18H22N8O3/c1-20-17(28)14-11(19)13(27)18(29-14)26-9-25-12-15(23-8-24-16(12)26)22-7-5-10-4-2-3-6-21-10/h2-4,6,8-9,11,13-14,18,27H,5,7,19H2,1H3,(H,20,28)(H,22,23,24). The van der Waals surface area contributed by atoms with Crippen molar-refractivity contribution in [3.63, 3.8) is 0 Å². The molecule has 4 atom stereocenters. The molecular weight excluding hydrogens is 376 g/mol. The van der Waals surface area contributed by atoms with E-state index in [1.807, 2.05) is 18.2 Å². The van der Waals surface area contributed by atoms with Gasteiger partial charge >= 0.3 is 0 Å². The Morgan fingerprint density at radius 1 is 1.31 bits per heavy atom. The highest BCUT2D eigenvalue weighted by Gasteiger charge is 2.46. The van der Waals surface area contributed by atoms with Gasteiger partial charge in [0, 0.05) is 31.9 Å². The third kappa shape index (κ3) is 3.62. The van der Waals surface area contributed by atoms with Gasteiger partial charge in [0.15, 0.2) is 29.3 Å². The van der Waals surface area contributed by atoms with Crippen LogP contribution in [0, 0.1) is 0 Å². The van der Waals surface area contributed by atoms with E-state index >= 15 is 0 Å². The third-order valence-electron chi connectivity index (χ3n) is 4.86. The second kappa shape index (κ2) is 8.07. The number of nitrogens with one attached hydrogen (secondary N) is 2. The monoisotopic (exact) mass is 398 g/mol. The van der Waals surface area contributed by atoms with Crippen LogP contribution < -0.4 is 16.4 Å². The lowest BCUT2D eigenvalue weighted by Gasteiger charge is -2.16. The summed E-state index contributed by atoms with van der Waals surface area (Å²) in [6.07, 6.45) is 2.44. The van der Waals surface area contributed by atoms with Crippen LogP contribution in [-0.2, 0) is 16.0 Å². The lowest BCUT2D eigenvalue weighted by molar-refractivity contribution is -0.134. The number of aromatic nitrogens is 5. The highest BCUT2D eigenvalue weighted by Crippen LogP contribution is 2.31. The van der Waals surface area contributed by atoms with Gasteiger partial charge in [0.1, 0.15) is 12.4 Å². The van der Waals surface area contributed by atoms with E-state index < -0.39 is 30.4 Å². The molecule has 0 radical (unpaired) electrons. The van der Waals surface area contributed by atoms with Gasteiger partial charge in [-0.25, -0.2) is 15.0 Å². The molecule has 0 saturated carbocycles. The van der Waals surface area contributed by atoms with Crippen LogP contribution in [0.5, 0.6) is 0 Å². The van der Waals surface area contributed by atoms with Crippen LogP contribution >= 0.6 is 0 Å². The summed E-state index contributed by atoms with van der Waals surface area (Å²) in [6.45, 7) is 0.613. The first-order valence-electron chi connectivity index (χ1n) is 9.22. The van der Waals surface area contributed by atoms with E-state index in [9.17, 15) is 9.90 Å². The first-order chi connectivity index (χ1) is 14.1. The number of carbonyl (C=O) groups is 1. The number of nitrogens with two attached hydrogens (primary N) is 1. The predicted molar refractivity (Wildman–Crippen MR) is 104 cm³/mol. The molecule has 0 aromatic carbocycles. The maximum absolute atomic E-state index is 11.9. The molecule has 11 nitrogen and oxygen atoms in total. The van der Waals surface area contributed by atoms with E-state index in [4.69, 9.17) is 10.5 Å². The van der Waals surface area contributed by atoms with Crippen molar-refractivity contribution in [3.05, 3.63) is 42.7 Å². The molecule has 3 aromatic rings. The van der Waals surface area contributed by atoms with Crippen LogP contribution in [0.2, 0.25) is 0 Å². The summed E-state index contributed by atoms with van der Waals surface area (Å²) in [6, 6.07) is 4.90. The van der Waals surface area contributed by atoms with Crippen molar-refractivity contribution in [3.8, 4) is 0 Å². The van der Waals surface area contributed by atoms with Crippen LogP contribution in [0.1, 0.15) is 11.9 Å². The van der Waals surface area contributed by atoms with E-state index in [0.29, 0.717) is 23.5 Å². The minimum Gasteiger partial charge on any atom is -0.387 e. The third-order valence-corrected chi connectivity index (χ3v) is 4.86. The molecule has 5 N–H and O–H groups in total. The van der Waals surface area contributed by atoms with E-state index in [-0.39, 0.29) is 0 Å². The molecule has 0 bridgehead atoms. The van der Waals surface area contributed by atoms with E-state index in [0.717, 1.165) is 12.1 Å². The van der Waals surface area contributed by atoms with Crippen molar-refractivity contribution >= 4 is 22.9 Å². The SMILES string of the molecule is CNC(=O)C1OC(n2cnc3c(NCCc4ccccn4)ncnc32)C(O)C1N. The van der Waals surface area contributed by atoms with Gasteiger partial charge in [-0.15, -0.1) is 0 Å². The van der Waals surface area contributed by atoms with Crippen molar-refractivity contribution in [2.24, 2.45) is 5.73 Å². The van der Waals surface area contributed by atoms with Gasteiger partial charge in [-0.1, -0.05) is 6.07 Å². The number of fused-ring (bicyclic) bond motifs is 1. The molecule has 4 heterocycles. The van der Waals surface area contributed by atoms with E-state index in [1.165, 1.54) is 19.7 Å². The highest BCUT2D eigenvalue weighted by atomic mass is 16.5. The van der Waals surface area contributed by atoms with Crippen molar-refractivity contribution < 1.29 is 14.6 Å². The Kier molecular flexibility index (Phi) is 5.34. The minimum atomic E-state index is -1.09. The summed E-state index contributed by atoms with van der Waals surface area (Å²) >= 11 is 0. The maximum Gasteiger partial charge on any atom is 0.250 e. The molecule has 11 heteroatoms. The first-order valence-corrected chi connectivity index (χ1v) is 9.22. The van der Waals surface area contributed by atoms with Crippen molar-refractivity contribution in [1.29, 1.82) is 0 Å². The molecule has 29 heavy (non-hydrogen) atoms. The van der Waals surface area contributed by atoms with Gasteiger partial charge in [0.05, 0.1) is 12.4 Å². The number of nitrogens with zero attached hydrogens (tertiary/aromatic N) is 5. The summed E-state index contributed by atoms with van der Waals surface area (Å²) in [5, 5.41) is 16.2.